The molecule has 7 heteroatoms. The van der Waals surface area contributed by atoms with E-state index in [1.165, 1.54) is 4.40 Å². The van der Waals surface area contributed by atoms with Gasteiger partial charge in [-0.3, -0.25) is 4.52 Å². The van der Waals surface area contributed by atoms with Crippen LogP contribution in [-0.4, -0.2) is 14.8 Å². The van der Waals surface area contributed by atoms with E-state index in [2.05, 4.69) is 14.8 Å². The van der Waals surface area contributed by atoms with Gasteiger partial charge < -0.3 is 9.62 Å². The van der Waals surface area contributed by atoms with Gasteiger partial charge in [-0.05, 0) is 34.9 Å². The van der Waals surface area contributed by atoms with Gasteiger partial charge in [0, 0.05) is 0 Å². The molecular weight excluding hydrogens is 226 g/mol. The lowest BCUT2D eigenvalue weighted by molar-refractivity contribution is 0.277. The summed E-state index contributed by atoms with van der Waals surface area (Å²) in [6.45, 7) is 1.88. The molecule has 3 aromatic rings. The molecule has 86 valence electrons. The number of hydrogen-bond donors (Lipinski definition) is 1. The van der Waals surface area contributed by atoms with E-state index in [9.17, 15) is 4.79 Å². The van der Waals surface area contributed by atoms with Gasteiger partial charge in [-0.25, -0.2) is 9.20 Å². The van der Waals surface area contributed by atoms with Crippen LogP contribution < -0.4 is 11.3 Å². The highest BCUT2D eigenvalue weighted by molar-refractivity contribution is 5.75. The topological polar surface area (TPSA) is 93.2 Å². The highest BCUT2D eigenvalue weighted by atomic mass is 16.5. The van der Waals surface area contributed by atoms with Gasteiger partial charge in [0.1, 0.15) is 0 Å². The number of rotatable bonds is 0. The molecular formula is C10H7N3O4. The minimum Gasteiger partial charge on any atom is -0.432 e. The first-order chi connectivity index (χ1) is 8.20. The molecule has 3 rings (SSSR count). The van der Waals surface area contributed by atoms with Gasteiger partial charge in [-0.15, -0.1) is 0 Å². The standard InChI is InChI=1S/C10H7N3O4/c1-5-2-3-7-6(4-5)13-8(9(11-15)16-7)12-17-10(13)14/h2-4,15H,1H3/b11-9+. The summed E-state index contributed by atoms with van der Waals surface area (Å²) >= 11 is 0. The van der Waals surface area contributed by atoms with E-state index in [0.717, 1.165) is 5.56 Å². The number of benzene rings is 1. The Morgan fingerprint density at radius 1 is 1.47 bits per heavy atom. The SMILES string of the molecule is Cc1ccc2o/c(=N/O)c3noc(=O)n3c2c1. The van der Waals surface area contributed by atoms with Crippen LogP contribution in [0.2, 0.25) is 0 Å². The van der Waals surface area contributed by atoms with Crippen molar-refractivity contribution in [3.63, 3.8) is 0 Å². The van der Waals surface area contributed by atoms with Crippen molar-refractivity contribution in [1.82, 2.24) is 9.56 Å². The van der Waals surface area contributed by atoms with Crippen molar-refractivity contribution in [1.29, 1.82) is 0 Å². The van der Waals surface area contributed by atoms with Crippen LogP contribution in [0.3, 0.4) is 0 Å². The molecule has 0 saturated heterocycles. The lowest BCUT2D eigenvalue weighted by atomic mass is 10.2. The molecule has 0 bridgehead atoms. The van der Waals surface area contributed by atoms with Crippen LogP contribution in [0.1, 0.15) is 5.56 Å². The number of hydrogen-bond acceptors (Lipinski definition) is 6. The molecule has 0 aliphatic carbocycles. The fourth-order valence-corrected chi connectivity index (χ4v) is 1.70. The predicted octanol–water partition coefficient (Wildman–Crippen LogP) is 0.632. The molecule has 17 heavy (non-hydrogen) atoms. The molecule has 0 unspecified atom stereocenters. The monoisotopic (exact) mass is 233 g/mol. The maximum atomic E-state index is 11.5. The Labute approximate surface area is 93.2 Å². The smallest absolute Gasteiger partial charge is 0.432 e. The molecule has 0 aliphatic heterocycles. The Kier molecular flexibility index (Phi) is 1.82. The van der Waals surface area contributed by atoms with Crippen LogP contribution >= 0.6 is 0 Å². The number of aromatic nitrogens is 2. The molecule has 0 atom stereocenters. The zero-order valence-electron chi connectivity index (χ0n) is 8.75. The summed E-state index contributed by atoms with van der Waals surface area (Å²) in [6, 6.07) is 5.25. The van der Waals surface area contributed by atoms with E-state index in [-0.39, 0.29) is 11.2 Å². The van der Waals surface area contributed by atoms with Crippen LogP contribution in [-0.2, 0) is 0 Å². The molecule has 1 aromatic carbocycles. The molecule has 2 heterocycles. The zero-order chi connectivity index (χ0) is 12.0. The summed E-state index contributed by atoms with van der Waals surface area (Å²) in [4.78, 5) is 11.5. The van der Waals surface area contributed by atoms with E-state index in [1.54, 1.807) is 12.1 Å². The minimum absolute atomic E-state index is 0.0376. The molecule has 0 radical (unpaired) electrons. The Morgan fingerprint density at radius 2 is 2.29 bits per heavy atom. The Balaban J connectivity index is 2.73. The van der Waals surface area contributed by atoms with E-state index >= 15 is 0 Å². The van der Waals surface area contributed by atoms with Gasteiger partial charge in [0.2, 0.25) is 5.65 Å². The van der Waals surface area contributed by atoms with Crippen LogP contribution in [0.5, 0.6) is 0 Å². The summed E-state index contributed by atoms with van der Waals surface area (Å²) in [5.41, 5.74) is 1.73. The van der Waals surface area contributed by atoms with E-state index in [1.807, 2.05) is 13.0 Å². The van der Waals surface area contributed by atoms with Crippen molar-refractivity contribution in [2.24, 2.45) is 5.16 Å². The van der Waals surface area contributed by atoms with Crippen molar-refractivity contribution in [3.05, 3.63) is 39.9 Å². The van der Waals surface area contributed by atoms with Crippen LogP contribution in [0, 0.1) is 6.92 Å². The quantitative estimate of drug-likeness (QED) is 0.454. The van der Waals surface area contributed by atoms with Gasteiger partial charge in [-0.1, -0.05) is 6.07 Å². The second-order valence-corrected chi connectivity index (χ2v) is 3.59. The van der Waals surface area contributed by atoms with Crippen LogP contribution in [0.25, 0.3) is 16.7 Å². The summed E-state index contributed by atoms with van der Waals surface area (Å²) in [5, 5.41) is 15.2. The van der Waals surface area contributed by atoms with Gasteiger partial charge in [0.25, 0.3) is 0 Å². The first-order valence-electron chi connectivity index (χ1n) is 4.81. The molecule has 0 spiro atoms. The lowest BCUT2D eigenvalue weighted by Gasteiger charge is -1.99. The molecule has 2 aromatic heterocycles. The third-order valence-corrected chi connectivity index (χ3v) is 2.45. The summed E-state index contributed by atoms with van der Waals surface area (Å²) < 4.78 is 11.0. The van der Waals surface area contributed by atoms with Crippen molar-refractivity contribution in [2.75, 3.05) is 0 Å². The fourth-order valence-electron chi connectivity index (χ4n) is 1.70. The molecule has 0 amide bonds. The second-order valence-electron chi connectivity index (χ2n) is 3.59. The van der Waals surface area contributed by atoms with Crippen LogP contribution in [0.15, 0.2) is 37.1 Å². The molecule has 0 fully saturated rings. The first kappa shape index (κ1) is 9.64. The summed E-state index contributed by atoms with van der Waals surface area (Å²) in [6.07, 6.45) is 0. The third-order valence-electron chi connectivity index (χ3n) is 2.45. The molecule has 7 nitrogen and oxygen atoms in total. The van der Waals surface area contributed by atoms with Crippen LogP contribution in [0.4, 0.5) is 0 Å². The maximum Gasteiger partial charge on any atom is 0.446 e. The van der Waals surface area contributed by atoms with Gasteiger partial charge in [0.15, 0.2) is 5.58 Å². The van der Waals surface area contributed by atoms with Gasteiger partial charge in [-0.2, -0.15) is 0 Å². The van der Waals surface area contributed by atoms with Gasteiger partial charge in [0.05, 0.1) is 5.52 Å². The first-order valence-corrected chi connectivity index (χ1v) is 4.81. The zero-order valence-corrected chi connectivity index (χ0v) is 8.75. The highest BCUT2D eigenvalue weighted by Gasteiger charge is 2.12. The lowest BCUT2D eigenvalue weighted by Crippen LogP contribution is -2.14. The normalized spacial score (nSPS) is 12.6. The Hall–Kier alpha value is -2.57. The minimum atomic E-state index is -0.656. The number of fused-ring (bicyclic) bond motifs is 3. The Morgan fingerprint density at radius 3 is 3.06 bits per heavy atom. The molecule has 0 saturated carbocycles. The number of aryl methyl sites for hydroxylation is 1. The van der Waals surface area contributed by atoms with Gasteiger partial charge >= 0.3 is 11.3 Å². The predicted molar refractivity (Wildman–Crippen MR) is 55.6 cm³/mol. The number of nitrogens with zero attached hydrogens (tertiary/aromatic N) is 3. The average molecular weight is 233 g/mol. The Bertz CT molecular complexity index is 840. The summed E-state index contributed by atoms with van der Waals surface area (Å²) in [7, 11) is 0. The van der Waals surface area contributed by atoms with Crippen molar-refractivity contribution in [2.45, 2.75) is 6.92 Å². The largest absolute Gasteiger partial charge is 0.446 e. The van der Waals surface area contributed by atoms with Crippen molar-refractivity contribution < 1.29 is 14.1 Å². The van der Waals surface area contributed by atoms with E-state index in [4.69, 9.17) is 9.62 Å². The van der Waals surface area contributed by atoms with E-state index in [0.29, 0.717) is 11.1 Å². The fraction of sp³-hybridized carbons (Fsp3) is 0.100. The van der Waals surface area contributed by atoms with E-state index < -0.39 is 5.76 Å². The van der Waals surface area contributed by atoms with Crippen molar-refractivity contribution >= 4 is 16.7 Å². The molecule has 0 aliphatic rings. The summed E-state index contributed by atoms with van der Waals surface area (Å²) in [5.74, 6) is -0.656. The third kappa shape index (κ3) is 1.25. The maximum absolute atomic E-state index is 11.5. The molecule has 1 N–H and O–H groups in total. The second kappa shape index (κ2) is 3.21. The highest BCUT2D eigenvalue weighted by Crippen LogP contribution is 2.13. The average Bonchev–Trinajstić information content (AvgIpc) is 2.71. The van der Waals surface area contributed by atoms with Crippen molar-refractivity contribution in [3.8, 4) is 0 Å².